The number of aliphatic hydroxyl groups excluding tert-OH is 1. The summed E-state index contributed by atoms with van der Waals surface area (Å²) in [5.41, 5.74) is 4.38. The lowest BCUT2D eigenvalue weighted by Gasteiger charge is -1.91. The molecule has 0 aliphatic heterocycles. The Balaban J connectivity index is 2.54. The van der Waals surface area contributed by atoms with Crippen molar-refractivity contribution >= 4 is 0 Å². The molecule has 0 aromatic rings. The molecule has 0 aliphatic rings. The predicted molar refractivity (Wildman–Crippen MR) is 13.9 cm³/mol. The molecule has 0 radical (unpaired) electrons. The summed E-state index contributed by atoms with van der Waals surface area (Å²) in [5, 5.41) is 14.9. The van der Waals surface area contributed by atoms with E-state index >= 15 is 0 Å². The molecule has 0 amide bonds. The maximum Gasteiger partial charge on any atom is 0.242 e. The van der Waals surface area contributed by atoms with Crippen molar-refractivity contribution in [3.63, 3.8) is 0 Å². The van der Waals surface area contributed by atoms with Crippen LogP contribution >= 0.6 is 0 Å². The maximum atomic E-state index is 7.67. The van der Waals surface area contributed by atoms with Crippen LogP contribution in [0, 0.1) is 0 Å². The average molecular weight is 79.1 g/mol. The molecule has 32 valence electrons. The molecule has 0 heterocycles. The Labute approximate surface area is 28.7 Å². The second-order valence-corrected chi connectivity index (χ2v) is 0.496. The highest BCUT2D eigenvalue weighted by Crippen LogP contribution is 1.59. The number of nitrogens with two attached hydrogens (primary N) is 1. The van der Waals surface area contributed by atoms with Gasteiger partial charge in [0.1, 0.15) is 0 Å². The molecule has 0 aromatic carbocycles. The van der Waals surface area contributed by atoms with Gasteiger partial charge in [-0.3, -0.25) is 5.73 Å². The van der Waals surface area contributed by atoms with Crippen LogP contribution in [0.1, 0.15) is 0 Å². The first-order chi connectivity index (χ1) is 2.27. The molecule has 0 saturated heterocycles. The Bertz CT molecular complexity index is 20.9. The molecule has 0 aromatic heterocycles. The van der Waals surface area contributed by atoms with Crippen molar-refractivity contribution in [2.24, 2.45) is 5.73 Å². The van der Waals surface area contributed by atoms with Gasteiger partial charge >= 0.3 is 0 Å². The molecule has 4 nitrogen and oxygen atoms in total. The summed E-state index contributed by atoms with van der Waals surface area (Å²) in [6, 6.07) is 0. The van der Waals surface area contributed by atoms with Crippen LogP contribution in [-0.4, -0.2) is 16.8 Å². The fourth-order valence-corrected chi connectivity index (χ4v) is 0. The van der Waals surface area contributed by atoms with Gasteiger partial charge in [0.05, 0.1) is 0 Å². The van der Waals surface area contributed by atoms with Crippen molar-refractivity contribution in [3.05, 3.63) is 0 Å². The van der Waals surface area contributed by atoms with Crippen molar-refractivity contribution in [1.29, 1.82) is 0 Å². The minimum Gasteiger partial charge on any atom is -0.354 e. The normalized spacial score (nSPS) is 15.0. The molecular weight excluding hydrogens is 74.0 g/mol. The minimum absolute atomic E-state index is 1.56. The van der Waals surface area contributed by atoms with E-state index in [0.29, 0.717) is 0 Å². The molecule has 4 N–H and O–H groups in total. The molecule has 0 rings (SSSR count). The molecule has 1 unspecified atom stereocenters. The van der Waals surface area contributed by atoms with Crippen molar-refractivity contribution < 1.29 is 15.3 Å². The van der Waals surface area contributed by atoms with Gasteiger partial charge in [-0.15, -0.1) is 0 Å². The third-order valence-corrected chi connectivity index (χ3v) is 0.108. The van der Waals surface area contributed by atoms with Crippen LogP contribution in [-0.2, 0) is 4.89 Å². The van der Waals surface area contributed by atoms with E-state index in [4.69, 9.17) is 10.4 Å². The summed E-state index contributed by atoms with van der Waals surface area (Å²) in [6.45, 7) is 0. The Morgan fingerprint density at radius 3 is 2.00 bits per heavy atom. The van der Waals surface area contributed by atoms with Crippen molar-refractivity contribution in [1.82, 2.24) is 0 Å². The molecule has 0 aliphatic carbocycles. The third-order valence-electron chi connectivity index (χ3n) is 0.108. The minimum atomic E-state index is -1.56. The number of rotatable bonds is 1. The predicted octanol–water partition coefficient (Wildman–Crippen LogP) is -1.29. The summed E-state index contributed by atoms with van der Waals surface area (Å²) >= 11 is 0. The zero-order valence-electron chi connectivity index (χ0n) is 2.46. The zero-order valence-corrected chi connectivity index (χ0v) is 2.46. The molecular formula is CH5NO3. The molecule has 5 heavy (non-hydrogen) atoms. The van der Waals surface area contributed by atoms with Crippen LogP contribution in [0.5, 0.6) is 0 Å². The molecule has 4 heteroatoms. The van der Waals surface area contributed by atoms with Gasteiger partial charge in [-0.2, -0.15) is 4.89 Å². The van der Waals surface area contributed by atoms with Crippen LogP contribution in [0.4, 0.5) is 0 Å². The summed E-state index contributed by atoms with van der Waals surface area (Å²) in [7, 11) is 0. The van der Waals surface area contributed by atoms with E-state index in [2.05, 4.69) is 10.6 Å². The average Bonchev–Trinajstić information content (AvgIpc) is 1.38. The first-order valence-electron chi connectivity index (χ1n) is 1.01. The molecule has 0 spiro atoms. The molecule has 0 bridgehead atoms. The highest BCUT2D eigenvalue weighted by molar-refractivity contribution is 4.00. The molecule has 1 atom stereocenters. The molecule has 0 fully saturated rings. The lowest BCUT2D eigenvalue weighted by molar-refractivity contribution is -0.331. The highest BCUT2D eigenvalue weighted by atomic mass is 17.1. The van der Waals surface area contributed by atoms with E-state index in [-0.39, 0.29) is 0 Å². The van der Waals surface area contributed by atoms with E-state index in [1.807, 2.05) is 0 Å². The summed E-state index contributed by atoms with van der Waals surface area (Å²) < 4.78 is 0. The standard InChI is InChI=1S/CH5NO3/c2-1(3)5-4/h1,3-4H,2H2. The van der Waals surface area contributed by atoms with Gasteiger partial charge in [-0.25, -0.2) is 5.26 Å². The van der Waals surface area contributed by atoms with E-state index in [1.165, 1.54) is 0 Å². The Morgan fingerprint density at radius 2 is 2.00 bits per heavy atom. The van der Waals surface area contributed by atoms with Gasteiger partial charge in [-0.1, -0.05) is 0 Å². The van der Waals surface area contributed by atoms with E-state index < -0.39 is 6.41 Å². The van der Waals surface area contributed by atoms with E-state index in [1.54, 1.807) is 0 Å². The first kappa shape index (κ1) is 4.84. The lowest BCUT2D eigenvalue weighted by atomic mass is 11.2. The summed E-state index contributed by atoms with van der Waals surface area (Å²) in [4.78, 5) is 3.08. The largest absolute Gasteiger partial charge is 0.354 e. The SMILES string of the molecule is NC(O)OO. The summed E-state index contributed by atoms with van der Waals surface area (Å²) in [6.07, 6.45) is -1.56. The van der Waals surface area contributed by atoms with Gasteiger partial charge in [0.2, 0.25) is 6.41 Å². The Hall–Kier alpha value is -0.160. The van der Waals surface area contributed by atoms with Gasteiger partial charge in [0.25, 0.3) is 0 Å². The third kappa shape index (κ3) is 3.84. The fraction of sp³-hybridized carbons (Fsp3) is 1.00. The summed E-state index contributed by atoms with van der Waals surface area (Å²) in [5.74, 6) is 0. The monoisotopic (exact) mass is 79.0 g/mol. The van der Waals surface area contributed by atoms with Crippen molar-refractivity contribution in [2.45, 2.75) is 6.41 Å². The van der Waals surface area contributed by atoms with Crippen LogP contribution < -0.4 is 5.73 Å². The van der Waals surface area contributed by atoms with Gasteiger partial charge in [-0.05, 0) is 0 Å². The quantitative estimate of drug-likeness (QED) is 0.208. The lowest BCUT2D eigenvalue weighted by Crippen LogP contribution is -2.20. The Kier molecular flexibility index (Phi) is 2.03. The smallest absolute Gasteiger partial charge is 0.242 e. The van der Waals surface area contributed by atoms with Crippen LogP contribution in [0.3, 0.4) is 0 Å². The number of aliphatic hydroxyl groups is 1. The fourth-order valence-electron chi connectivity index (χ4n) is 0. The highest BCUT2D eigenvalue weighted by Gasteiger charge is 1.83. The van der Waals surface area contributed by atoms with Gasteiger partial charge in [0, 0.05) is 0 Å². The van der Waals surface area contributed by atoms with Crippen LogP contribution in [0.2, 0.25) is 0 Å². The Morgan fingerprint density at radius 1 is 1.80 bits per heavy atom. The zero-order chi connectivity index (χ0) is 4.28. The van der Waals surface area contributed by atoms with Crippen LogP contribution in [0.25, 0.3) is 0 Å². The maximum absolute atomic E-state index is 7.67. The van der Waals surface area contributed by atoms with Gasteiger partial charge < -0.3 is 5.11 Å². The second-order valence-electron chi connectivity index (χ2n) is 0.496. The second kappa shape index (κ2) is 2.10. The van der Waals surface area contributed by atoms with Crippen LogP contribution in [0.15, 0.2) is 0 Å². The topological polar surface area (TPSA) is 75.7 Å². The first-order valence-corrected chi connectivity index (χ1v) is 1.01. The number of hydrogen-bond donors (Lipinski definition) is 3. The van der Waals surface area contributed by atoms with Crippen molar-refractivity contribution in [2.75, 3.05) is 0 Å². The van der Waals surface area contributed by atoms with E-state index in [0.717, 1.165) is 0 Å². The molecule has 0 saturated carbocycles. The van der Waals surface area contributed by atoms with Gasteiger partial charge in [0.15, 0.2) is 0 Å². The van der Waals surface area contributed by atoms with Crippen molar-refractivity contribution in [3.8, 4) is 0 Å². The number of hydrogen-bond acceptors (Lipinski definition) is 4. The van der Waals surface area contributed by atoms with E-state index in [9.17, 15) is 0 Å².